The summed E-state index contributed by atoms with van der Waals surface area (Å²) in [6, 6.07) is 42.6. The van der Waals surface area contributed by atoms with Gasteiger partial charge in [0.2, 0.25) is 0 Å². The molecule has 0 saturated carbocycles. The van der Waals surface area contributed by atoms with Crippen molar-refractivity contribution in [3.8, 4) is 11.1 Å². The van der Waals surface area contributed by atoms with E-state index in [1.165, 1.54) is 35.4 Å². The van der Waals surface area contributed by atoms with E-state index in [9.17, 15) is 26.3 Å². The highest BCUT2D eigenvalue weighted by Gasteiger charge is 2.32. The molecule has 0 aromatic heterocycles. The number of nitrogens with zero attached hydrogens (tertiary/aromatic N) is 2. The lowest BCUT2D eigenvalue weighted by Gasteiger charge is -2.30. The van der Waals surface area contributed by atoms with Crippen LogP contribution >= 0.6 is 0 Å². The summed E-state index contributed by atoms with van der Waals surface area (Å²) >= 11 is 0. The Kier molecular flexibility index (Phi) is 12.2. The van der Waals surface area contributed by atoms with Gasteiger partial charge in [-0.2, -0.15) is 26.3 Å². The van der Waals surface area contributed by atoms with Gasteiger partial charge in [-0.3, -0.25) is 0 Å². The molecule has 0 unspecified atom stereocenters. The van der Waals surface area contributed by atoms with E-state index < -0.39 is 23.5 Å². The Morgan fingerprint density at radius 2 is 0.500 bits per heavy atom. The second kappa shape index (κ2) is 16.8. The third-order valence-electron chi connectivity index (χ3n) is 12.3. The molecule has 0 aliphatic heterocycles. The summed E-state index contributed by atoms with van der Waals surface area (Å²) in [6.45, 7) is 13.2. The average Bonchev–Trinajstić information content (AvgIpc) is 3.24. The molecule has 0 spiro atoms. The van der Waals surface area contributed by atoms with Crippen LogP contribution in [0.3, 0.4) is 0 Å². The Hall–Kier alpha value is -5.50. The van der Waals surface area contributed by atoms with Crippen molar-refractivity contribution in [2.45, 2.75) is 90.4 Å². The molecule has 58 heavy (non-hydrogen) atoms. The van der Waals surface area contributed by atoms with E-state index in [-0.39, 0.29) is 10.8 Å². The van der Waals surface area contributed by atoms with Crippen LogP contribution in [0.25, 0.3) is 11.1 Å². The number of hydrogen-bond acceptors (Lipinski definition) is 2. The Balaban J connectivity index is 1.34. The molecule has 6 aromatic rings. The molecular weight excluding hydrogens is 743 g/mol. The molecule has 0 N–H and O–H groups in total. The molecule has 0 saturated heterocycles. The number of alkyl halides is 6. The quantitative estimate of drug-likeness (QED) is 0.108. The van der Waals surface area contributed by atoms with Crippen molar-refractivity contribution in [1.29, 1.82) is 0 Å². The standard InChI is InChI=1S/C50H50F6N2/c1-7-47(5,8-2)37-15-27-43(28-16-37)57(45-31-19-39(20-32-45)49(51,52)53)41-23-11-35(12-24-41)36-13-25-42(26-14-36)58(46-33-21-40(22-34-46)50(54,55)56)44-29-17-38(18-30-44)48(6,9-3)10-4/h11-34H,7-10H2,1-6H3. The van der Waals surface area contributed by atoms with E-state index in [2.05, 4.69) is 65.8 Å². The van der Waals surface area contributed by atoms with E-state index in [1.807, 2.05) is 82.6 Å². The predicted octanol–water partition coefficient (Wildman–Crippen LogP) is 16.5. The molecule has 0 heterocycles. The molecule has 0 aliphatic carbocycles. The highest BCUT2D eigenvalue weighted by molar-refractivity contribution is 5.81. The maximum atomic E-state index is 13.5. The van der Waals surface area contributed by atoms with E-state index in [1.54, 1.807) is 0 Å². The average molecular weight is 793 g/mol. The van der Waals surface area contributed by atoms with Gasteiger partial charge in [-0.15, -0.1) is 0 Å². The Morgan fingerprint density at radius 3 is 0.690 bits per heavy atom. The van der Waals surface area contributed by atoms with Gasteiger partial charge in [0.15, 0.2) is 0 Å². The van der Waals surface area contributed by atoms with Gasteiger partial charge in [0.05, 0.1) is 11.1 Å². The normalized spacial score (nSPS) is 12.4. The van der Waals surface area contributed by atoms with Gasteiger partial charge in [-0.1, -0.05) is 90.1 Å². The van der Waals surface area contributed by atoms with Gasteiger partial charge in [0, 0.05) is 34.1 Å². The molecule has 6 aromatic carbocycles. The zero-order valence-electron chi connectivity index (χ0n) is 33.8. The first-order chi connectivity index (χ1) is 27.5. The molecule has 8 heteroatoms. The lowest BCUT2D eigenvalue weighted by Crippen LogP contribution is -2.19. The van der Waals surface area contributed by atoms with Crippen LogP contribution in [-0.2, 0) is 23.2 Å². The minimum absolute atomic E-state index is 0.0136. The first-order valence-corrected chi connectivity index (χ1v) is 19.9. The van der Waals surface area contributed by atoms with Gasteiger partial charge >= 0.3 is 12.4 Å². The second-order valence-electron chi connectivity index (χ2n) is 15.5. The van der Waals surface area contributed by atoms with Gasteiger partial charge in [0.1, 0.15) is 0 Å². The summed E-state index contributed by atoms with van der Waals surface area (Å²) in [5.74, 6) is 0. The lowest BCUT2D eigenvalue weighted by molar-refractivity contribution is -0.138. The SMILES string of the molecule is CCC(C)(CC)c1ccc(N(c2ccc(-c3ccc(N(c4ccc(C(F)(F)F)cc4)c4ccc(C(C)(CC)CC)cc4)cc3)cc2)c2ccc(C(F)(F)F)cc2)cc1. The summed E-state index contributed by atoms with van der Waals surface area (Å²) in [4.78, 5) is 3.89. The predicted molar refractivity (Wildman–Crippen MR) is 227 cm³/mol. The van der Waals surface area contributed by atoms with E-state index >= 15 is 0 Å². The van der Waals surface area contributed by atoms with Crippen LogP contribution in [0.1, 0.15) is 89.5 Å². The summed E-state index contributed by atoms with van der Waals surface area (Å²) in [5, 5.41) is 0. The third-order valence-corrected chi connectivity index (χ3v) is 12.3. The van der Waals surface area contributed by atoms with Crippen LogP contribution in [0.15, 0.2) is 146 Å². The highest BCUT2D eigenvalue weighted by Crippen LogP contribution is 2.42. The van der Waals surface area contributed by atoms with Crippen molar-refractivity contribution in [3.05, 3.63) is 168 Å². The topological polar surface area (TPSA) is 6.48 Å². The van der Waals surface area contributed by atoms with Gasteiger partial charge in [-0.05, 0) is 156 Å². The van der Waals surface area contributed by atoms with Crippen LogP contribution in [0.4, 0.5) is 60.5 Å². The number of halogens is 6. The molecule has 0 amide bonds. The molecule has 0 radical (unpaired) electrons. The first kappa shape index (κ1) is 42.1. The van der Waals surface area contributed by atoms with Crippen LogP contribution in [0, 0.1) is 0 Å². The van der Waals surface area contributed by atoms with Crippen molar-refractivity contribution < 1.29 is 26.3 Å². The molecule has 302 valence electrons. The molecule has 0 atom stereocenters. The molecule has 6 rings (SSSR count). The van der Waals surface area contributed by atoms with Gasteiger partial charge < -0.3 is 9.80 Å². The minimum atomic E-state index is -4.45. The van der Waals surface area contributed by atoms with E-state index in [0.29, 0.717) is 11.4 Å². The Morgan fingerprint density at radius 1 is 0.310 bits per heavy atom. The van der Waals surface area contributed by atoms with Crippen molar-refractivity contribution in [2.75, 3.05) is 9.80 Å². The first-order valence-electron chi connectivity index (χ1n) is 19.9. The molecule has 0 fully saturated rings. The number of anilines is 6. The van der Waals surface area contributed by atoms with E-state index in [0.717, 1.165) is 83.8 Å². The maximum Gasteiger partial charge on any atom is 0.416 e. The second-order valence-corrected chi connectivity index (χ2v) is 15.5. The summed E-state index contributed by atoms with van der Waals surface area (Å²) in [6.07, 6.45) is -4.98. The highest BCUT2D eigenvalue weighted by atomic mass is 19.4. The van der Waals surface area contributed by atoms with Crippen molar-refractivity contribution in [3.63, 3.8) is 0 Å². The Bertz CT molecular complexity index is 2070. The number of rotatable bonds is 13. The third kappa shape index (κ3) is 8.81. The van der Waals surface area contributed by atoms with Crippen LogP contribution in [0.5, 0.6) is 0 Å². The summed E-state index contributed by atoms with van der Waals surface area (Å²) < 4.78 is 81.1. The summed E-state index contributed by atoms with van der Waals surface area (Å²) in [5.41, 5.74) is 7.24. The van der Waals surface area contributed by atoms with E-state index in [4.69, 9.17) is 0 Å². The largest absolute Gasteiger partial charge is 0.416 e. The number of hydrogen-bond donors (Lipinski definition) is 0. The number of benzene rings is 6. The molecule has 0 aliphatic rings. The minimum Gasteiger partial charge on any atom is -0.311 e. The van der Waals surface area contributed by atoms with Crippen molar-refractivity contribution in [1.82, 2.24) is 0 Å². The molecule has 2 nitrogen and oxygen atoms in total. The lowest BCUT2D eigenvalue weighted by atomic mass is 9.78. The molecular formula is C50H50F6N2. The van der Waals surface area contributed by atoms with Crippen molar-refractivity contribution >= 4 is 34.1 Å². The van der Waals surface area contributed by atoms with Crippen LogP contribution in [0.2, 0.25) is 0 Å². The Labute approximate surface area is 338 Å². The van der Waals surface area contributed by atoms with Crippen LogP contribution in [-0.4, -0.2) is 0 Å². The monoisotopic (exact) mass is 792 g/mol. The zero-order chi connectivity index (χ0) is 41.9. The summed E-state index contributed by atoms with van der Waals surface area (Å²) in [7, 11) is 0. The van der Waals surface area contributed by atoms with Crippen LogP contribution < -0.4 is 9.80 Å². The van der Waals surface area contributed by atoms with Gasteiger partial charge in [0.25, 0.3) is 0 Å². The zero-order valence-corrected chi connectivity index (χ0v) is 33.8. The maximum absolute atomic E-state index is 13.5. The fraction of sp³-hybridized carbons (Fsp3) is 0.280. The molecule has 0 bridgehead atoms. The van der Waals surface area contributed by atoms with Crippen molar-refractivity contribution in [2.24, 2.45) is 0 Å². The fourth-order valence-electron chi connectivity index (χ4n) is 7.44. The van der Waals surface area contributed by atoms with Gasteiger partial charge in [-0.25, -0.2) is 0 Å². The smallest absolute Gasteiger partial charge is 0.311 e. The fourth-order valence-corrected chi connectivity index (χ4v) is 7.44.